The van der Waals surface area contributed by atoms with Crippen molar-refractivity contribution in [3.8, 4) is 10.6 Å². The standard InChI is InChI=1S/C12H11BrF2N2S/c1-2-16-5-7-6-18-12(17-7)8-3-4-9(14)11(15)10(8)13/h3-4,6,16H,2,5H2,1H3. The average molecular weight is 333 g/mol. The normalized spacial score (nSPS) is 10.9. The van der Waals surface area contributed by atoms with E-state index in [9.17, 15) is 8.78 Å². The van der Waals surface area contributed by atoms with Gasteiger partial charge in [-0.05, 0) is 34.6 Å². The van der Waals surface area contributed by atoms with E-state index in [2.05, 4.69) is 26.2 Å². The SMILES string of the molecule is CCNCc1csc(-c2ccc(F)c(F)c2Br)n1. The van der Waals surface area contributed by atoms with E-state index >= 15 is 0 Å². The molecule has 0 amide bonds. The Hall–Kier alpha value is -0.850. The summed E-state index contributed by atoms with van der Waals surface area (Å²) in [6, 6.07) is 2.64. The number of benzene rings is 1. The molecular formula is C12H11BrF2N2S. The van der Waals surface area contributed by atoms with Crippen LogP contribution >= 0.6 is 27.3 Å². The fourth-order valence-corrected chi connectivity index (χ4v) is 2.95. The van der Waals surface area contributed by atoms with Gasteiger partial charge in [0, 0.05) is 17.5 Å². The maximum atomic E-state index is 13.4. The number of hydrogen-bond donors (Lipinski definition) is 1. The fourth-order valence-electron chi connectivity index (χ4n) is 1.46. The zero-order valence-corrected chi connectivity index (χ0v) is 12.0. The minimum absolute atomic E-state index is 0.117. The fraction of sp³-hybridized carbons (Fsp3) is 0.250. The summed E-state index contributed by atoms with van der Waals surface area (Å²) in [6.07, 6.45) is 0. The molecule has 0 saturated heterocycles. The molecule has 1 aromatic heterocycles. The van der Waals surface area contributed by atoms with Gasteiger partial charge in [-0.15, -0.1) is 11.3 Å². The van der Waals surface area contributed by atoms with Crippen molar-refractivity contribution in [2.75, 3.05) is 6.54 Å². The van der Waals surface area contributed by atoms with Crippen molar-refractivity contribution >= 4 is 27.3 Å². The van der Waals surface area contributed by atoms with Gasteiger partial charge in [0.15, 0.2) is 11.6 Å². The second-order valence-corrected chi connectivity index (χ2v) is 5.30. The highest BCUT2D eigenvalue weighted by molar-refractivity contribution is 9.10. The third kappa shape index (κ3) is 2.76. The Bertz CT molecular complexity index is 557. The van der Waals surface area contributed by atoms with Crippen LogP contribution in [0, 0.1) is 11.6 Å². The summed E-state index contributed by atoms with van der Waals surface area (Å²) >= 11 is 4.48. The molecule has 0 atom stereocenters. The topological polar surface area (TPSA) is 24.9 Å². The van der Waals surface area contributed by atoms with Gasteiger partial charge in [-0.3, -0.25) is 0 Å². The molecule has 6 heteroatoms. The van der Waals surface area contributed by atoms with Gasteiger partial charge in [0.2, 0.25) is 0 Å². The van der Waals surface area contributed by atoms with Crippen LogP contribution in [0.1, 0.15) is 12.6 Å². The molecule has 0 saturated carbocycles. The second-order valence-electron chi connectivity index (χ2n) is 3.65. The molecule has 0 unspecified atom stereocenters. The zero-order valence-electron chi connectivity index (χ0n) is 9.64. The molecule has 2 aromatic rings. The maximum Gasteiger partial charge on any atom is 0.173 e. The Morgan fingerprint density at radius 2 is 2.17 bits per heavy atom. The molecule has 0 aliphatic rings. The zero-order chi connectivity index (χ0) is 13.1. The molecule has 2 rings (SSSR count). The lowest BCUT2D eigenvalue weighted by atomic mass is 10.2. The van der Waals surface area contributed by atoms with Crippen LogP contribution in [0.3, 0.4) is 0 Å². The van der Waals surface area contributed by atoms with Crippen LogP contribution in [0.2, 0.25) is 0 Å². The van der Waals surface area contributed by atoms with Crippen molar-refractivity contribution in [2.24, 2.45) is 0 Å². The summed E-state index contributed by atoms with van der Waals surface area (Å²) in [5.74, 6) is -1.74. The van der Waals surface area contributed by atoms with Gasteiger partial charge in [0.25, 0.3) is 0 Å². The molecule has 18 heavy (non-hydrogen) atoms. The van der Waals surface area contributed by atoms with E-state index in [0.29, 0.717) is 17.1 Å². The Morgan fingerprint density at radius 1 is 1.39 bits per heavy atom. The van der Waals surface area contributed by atoms with Crippen molar-refractivity contribution in [1.29, 1.82) is 0 Å². The largest absolute Gasteiger partial charge is 0.311 e. The molecule has 96 valence electrons. The first-order valence-electron chi connectivity index (χ1n) is 5.42. The number of nitrogens with one attached hydrogen (secondary N) is 1. The predicted octanol–water partition coefficient (Wildman–Crippen LogP) is 3.96. The monoisotopic (exact) mass is 332 g/mol. The van der Waals surface area contributed by atoms with Gasteiger partial charge in [0.05, 0.1) is 10.2 Å². The van der Waals surface area contributed by atoms with Crippen molar-refractivity contribution in [3.63, 3.8) is 0 Å². The lowest BCUT2D eigenvalue weighted by Gasteiger charge is -2.02. The van der Waals surface area contributed by atoms with Crippen molar-refractivity contribution < 1.29 is 8.78 Å². The van der Waals surface area contributed by atoms with E-state index in [-0.39, 0.29) is 4.47 Å². The number of hydrogen-bond acceptors (Lipinski definition) is 3. The maximum absolute atomic E-state index is 13.4. The minimum atomic E-state index is -0.879. The van der Waals surface area contributed by atoms with Gasteiger partial charge in [-0.1, -0.05) is 6.92 Å². The summed E-state index contributed by atoms with van der Waals surface area (Å²) in [4.78, 5) is 4.39. The molecule has 2 nitrogen and oxygen atoms in total. The average Bonchev–Trinajstić information content (AvgIpc) is 2.82. The van der Waals surface area contributed by atoms with E-state index in [0.717, 1.165) is 18.3 Å². The van der Waals surface area contributed by atoms with Crippen LogP contribution in [0.15, 0.2) is 22.0 Å². The molecule has 1 heterocycles. The first kappa shape index (κ1) is 13.6. The van der Waals surface area contributed by atoms with Gasteiger partial charge in [-0.25, -0.2) is 13.8 Å². The van der Waals surface area contributed by atoms with Gasteiger partial charge >= 0.3 is 0 Å². The Kier molecular flexibility index (Phi) is 4.42. The summed E-state index contributed by atoms with van der Waals surface area (Å²) in [7, 11) is 0. The lowest BCUT2D eigenvalue weighted by Crippen LogP contribution is -2.11. The number of thiazole rings is 1. The Labute approximate surface area is 116 Å². The van der Waals surface area contributed by atoms with Crippen molar-refractivity contribution in [1.82, 2.24) is 10.3 Å². The quantitative estimate of drug-likeness (QED) is 0.857. The van der Waals surface area contributed by atoms with Gasteiger partial charge in [-0.2, -0.15) is 0 Å². The number of nitrogens with zero attached hydrogens (tertiary/aromatic N) is 1. The van der Waals surface area contributed by atoms with E-state index < -0.39 is 11.6 Å². The van der Waals surface area contributed by atoms with Crippen LogP contribution in [-0.4, -0.2) is 11.5 Å². The molecule has 0 fully saturated rings. The first-order valence-corrected chi connectivity index (χ1v) is 7.09. The molecule has 0 bridgehead atoms. The molecule has 1 N–H and O–H groups in total. The smallest absolute Gasteiger partial charge is 0.173 e. The lowest BCUT2D eigenvalue weighted by molar-refractivity contribution is 0.505. The summed E-state index contributed by atoms with van der Waals surface area (Å²) in [6.45, 7) is 3.55. The van der Waals surface area contributed by atoms with Crippen LogP contribution < -0.4 is 5.32 Å². The van der Waals surface area contributed by atoms with Crippen molar-refractivity contribution in [3.05, 3.63) is 39.3 Å². The van der Waals surface area contributed by atoms with E-state index in [1.807, 2.05) is 12.3 Å². The van der Waals surface area contributed by atoms with E-state index in [4.69, 9.17) is 0 Å². The minimum Gasteiger partial charge on any atom is -0.311 e. The first-order chi connectivity index (χ1) is 8.63. The molecule has 0 spiro atoms. The number of aromatic nitrogens is 1. The third-order valence-corrected chi connectivity index (χ3v) is 4.07. The van der Waals surface area contributed by atoms with Crippen molar-refractivity contribution in [2.45, 2.75) is 13.5 Å². The highest BCUT2D eigenvalue weighted by Crippen LogP contribution is 2.33. The second kappa shape index (κ2) is 5.86. The molecule has 1 aromatic carbocycles. The number of halogens is 3. The third-order valence-electron chi connectivity index (χ3n) is 2.37. The highest BCUT2D eigenvalue weighted by Gasteiger charge is 2.14. The van der Waals surface area contributed by atoms with Crippen LogP contribution in [-0.2, 0) is 6.54 Å². The van der Waals surface area contributed by atoms with Crippen LogP contribution in [0.25, 0.3) is 10.6 Å². The Balaban J connectivity index is 2.31. The van der Waals surface area contributed by atoms with E-state index in [1.54, 1.807) is 0 Å². The predicted molar refractivity (Wildman–Crippen MR) is 72.5 cm³/mol. The molecular weight excluding hydrogens is 322 g/mol. The molecule has 0 aliphatic heterocycles. The van der Waals surface area contributed by atoms with Crippen LogP contribution in [0.5, 0.6) is 0 Å². The van der Waals surface area contributed by atoms with Gasteiger partial charge in [0.1, 0.15) is 5.01 Å². The summed E-state index contributed by atoms with van der Waals surface area (Å²) < 4.78 is 26.6. The Morgan fingerprint density at radius 3 is 2.89 bits per heavy atom. The van der Waals surface area contributed by atoms with E-state index in [1.165, 1.54) is 17.4 Å². The summed E-state index contributed by atoms with van der Waals surface area (Å²) in [5, 5.41) is 5.75. The summed E-state index contributed by atoms with van der Waals surface area (Å²) in [5.41, 5.74) is 1.47. The van der Waals surface area contributed by atoms with Crippen LogP contribution in [0.4, 0.5) is 8.78 Å². The number of rotatable bonds is 4. The van der Waals surface area contributed by atoms with Gasteiger partial charge < -0.3 is 5.32 Å². The molecule has 0 aliphatic carbocycles. The molecule has 0 radical (unpaired) electrons. The highest BCUT2D eigenvalue weighted by atomic mass is 79.9.